The summed E-state index contributed by atoms with van der Waals surface area (Å²) in [6.45, 7) is 20.1. The fourth-order valence-corrected chi connectivity index (χ4v) is 11.7. The Labute approximate surface area is 553 Å². The molecule has 13 rings (SSSR count). The Bertz CT molecular complexity index is 4420. The number of hydrogen-bond donors (Lipinski definition) is 0. The van der Waals surface area contributed by atoms with Crippen LogP contribution >= 0.6 is 0 Å². The summed E-state index contributed by atoms with van der Waals surface area (Å²) in [5, 5.41) is 0. The predicted octanol–water partition coefficient (Wildman–Crippen LogP) is 23.2. The van der Waals surface area contributed by atoms with Gasteiger partial charge in [0.2, 0.25) is 0 Å². The van der Waals surface area contributed by atoms with Crippen molar-refractivity contribution in [3.8, 4) is 123 Å². The third-order valence-corrected chi connectivity index (χ3v) is 16.8. The first kappa shape index (κ1) is 62.9. The van der Waals surface area contributed by atoms with Crippen LogP contribution in [0, 0.1) is 18.2 Å². The Morgan fingerprint density at radius 2 is 0.495 bits per heavy atom. The van der Waals surface area contributed by atoms with Gasteiger partial charge in [0.15, 0.2) is 0 Å². The van der Waals surface area contributed by atoms with Gasteiger partial charge >= 0.3 is 20.1 Å². The molecule has 3 aromatic heterocycles. The summed E-state index contributed by atoms with van der Waals surface area (Å²) in [5.41, 5.74) is 28.2. The minimum absolute atomic E-state index is 0. The van der Waals surface area contributed by atoms with Crippen molar-refractivity contribution in [1.82, 2.24) is 15.0 Å². The minimum atomic E-state index is 0. The molecule has 0 saturated heterocycles. The van der Waals surface area contributed by atoms with Crippen molar-refractivity contribution in [2.45, 2.75) is 78.6 Å². The molecule has 0 aliphatic heterocycles. The number of rotatable bonds is 11. The second-order valence-electron chi connectivity index (χ2n) is 26.2. The van der Waals surface area contributed by atoms with Gasteiger partial charge in [-0.2, -0.15) is 0 Å². The van der Waals surface area contributed by atoms with Gasteiger partial charge < -0.3 is 15.0 Å². The summed E-state index contributed by atoms with van der Waals surface area (Å²) in [7, 11) is 0. The summed E-state index contributed by atoms with van der Waals surface area (Å²) >= 11 is 0. The van der Waals surface area contributed by atoms with Crippen molar-refractivity contribution in [3.63, 3.8) is 0 Å². The molecule has 0 saturated carbocycles. The standard InChI is InChI=1S/C60H50N2.C27H24N.Ir/c1-59(2,3)47-32-34-61-57(39-47)45-28-30-53(55(37-45)41-18-9-7-10-19-41)51-26-15-13-24-49(51)43-22-17-23-44(36-43)50-25-14-16-27-52(50)54-31-29-46(38-56(54)42-20-11-8-12-21-42)58-40-48(33-35-62-58)60(4,5)6;1-27(2,3)23-16-17-28-26(19-23)22-14-15-24(20-10-6-4-7-11-20)25(18-22)21-12-8-5-9-13-21;/h7-27,30-40H,1-6H3;4-13,15-19H,1-3H3;/q-2;-1;+3. The molecule has 3 nitrogen and oxygen atoms in total. The van der Waals surface area contributed by atoms with Gasteiger partial charge in [0.25, 0.3) is 0 Å². The zero-order valence-corrected chi connectivity index (χ0v) is 55.7. The summed E-state index contributed by atoms with van der Waals surface area (Å²) in [5.74, 6) is 0. The first-order chi connectivity index (χ1) is 43.5. The summed E-state index contributed by atoms with van der Waals surface area (Å²) in [6, 6.07) is 106. The molecule has 91 heavy (non-hydrogen) atoms. The largest absolute Gasteiger partial charge is 3.00 e. The predicted molar refractivity (Wildman–Crippen MR) is 379 cm³/mol. The Balaban J connectivity index is 0.000000245. The number of hydrogen-bond acceptors (Lipinski definition) is 3. The van der Waals surface area contributed by atoms with E-state index in [0.29, 0.717) is 0 Å². The SMILES string of the molecule is CC(C)(C)c1ccnc(-c2[c-]cc(-c3ccccc3)c(-c3ccccc3)c2)c1.CC(C)(C)c1ccnc(-c2[c-]cc(-c3ccccc3-c3cccc(-c4ccccc4-c4c[c-]c(-c5cc(C(C)(C)C)ccn5)cc4-c4ccccc4)c3)c(-c3ccccc3)c2)c1.[Ir+3]. The van der Waals surface area contributed by atoms with Gasteiger partial charge in [-0.15, -0.1) is 71.3 Å². The van der Waals surface area contributed by atoms with Gasteiger partial charge in [0.05, 0.1) is 0 Å². The van der Waals surface area contributed by atoms with Crippen molar-refractivity contribution < 1.29 is 20.1 Å². The van der Waals surface area contributed by atoms with Crippen LogP contribution in [0.5, 0.6) is 0 Å². The third-order valence-electron chi connectivity index (χ3n) is 16.8. The van der Waals surface area contributed by atoms with Crippen LogP contribution in [0.15, 0.2) is 286 Å². The quantitative estimate of drug-likeness (QED) is 0.121. The van der Waals surface area contributed by atoms with Crippen molar-refractivity contribution in [1.29, 1.82) is 0 Å². The number of pyridine rings is 3. The van der Waals surface area contributed by atoms with Crippen LogP contribution in [-0.4, -0.2) is 15.0 Å². The van der Waals surface area contributed by atoms with E-state index in [9.17, 15) is 0 Å². The Morgan fingerprint density at radius 1 is 0.231 bits per heavy atom. The molecule has 446 valence electrons. The molecule has 0 unspecified atom stereocenters. The van der Waals surface area contributed by atoms with Gasteiger partial charge in [0, 0.05) is 18.6 Å². The van der Waals surface area contributed by atoms with E-state index in [-0.39, 0.29) is 36.4 Å². The van der Waals surface area contributed by atoms with Crippen molar-refractivity contribution in [3.05, 3.63) is 320 Å². The van der Waals surface area contributed by atoms with Crippen LogP contribution in [0.3, 0.4) is 0 Å². The molecular weight excluding hydrogens is 1280 g/mol. The minimum Gasteiger partial charge on any atom is -0.305 e. The molecule has 0 bridgehead atoms. The topological polar surface area (TPSA) is 38.7 Å². The fraction of sp³-hybridized carbons (Fsp3) is 0.138. The molecule has 0 aliphatic carbocycles. The van der Waals surface area contributed by atoms with E-state index >= 15 is 0 Å². The first-order valence-corrected chi connectivity index (χ1v) is 31.1. The van der Waals surface area contributed by atoms with E-state index in [1.807, 2.05) is 24.7 Å². The maximum Gasteiger partial charge on any atom is 3.00 e. The average Bonchev–Trinajstić information content (AvgIpc) is 0.873. The van der Waals surface area contributed by atoms with Crippen LogP contribution < -0.4 is 0 Å². The molecule has 0 fully saturated rings. The molecule has 0 atom stereocenters. The van der Waals surface area contributed by atoms with E-state index in [1.165, 1.54) is 38.9 Å². The Hall–Kier alpha value is -9.70. The van der Waals surface area contributed by atoms with E-state index in [1.54, 1.807) is 0 Å². The molecule has 13 aromatic rings. The molecule has 0 aliphatic rings. The Morgan fingerprint density at radius 3 is 0.813 bits per heavy atom. The molecule has 4 heteroatoms. The van der Waals surface area contributed by atoms with Crippen molar-refractivity contribution >= 4 is 0 Å². The van der Waals surface area contributed by atoms with Crippen LogP contribution in [0.1, 0.15) is 79.0 Å². The van der Waals surface area contributed by atoms with Gasteiger partial charge in [-0.3, -0.25) is 0 Å². The summed E-state index contributed by atoms with van der Waals surface area (Å²) in [6.07, 6.45) is 5.73. The van der Waals surface area contributed by atoms with E-state index in [4.69, 9.17) is 9.97 Å². The fourth-order valence-electron chi connectivity index (χ4n) is 11.7. The van der Waals surface area contributed by atoms with E-state index in [2.05, 4.69) is 346 Å². The van der Waals surface area contributed by atoms with Crippen molar-refractivity contribution in [2.24, 2.45) is 0 Å². The Kier molecular flexibility index (Phi) is 18.8. The zero-order chi connectivity index (χ0) is 62.4. The zero-order valence-electron chi connectivity index (χ0n) is 53.3. The number of benzene rings is 10. The maximum absolute atomic E-state index is 4.81. The molecule has 0 N–H and O–H groups in total. The molecule has 0 spiro atoms. The van der Waals surface area contributed by atoms with Crippen LogP contribution in [0.4, 0.5) is 0 Å². The van der Waals surface area contributed by atoms with Gasteiger partial charge in [-0.1, -0.05) is 319 Å². The molecule has 3 heterocycles. The number of nitrogens with zero attached hydrogens (tertiary/aromatic N) is 3. The maximum atomic E-state index is 4.81. The molecule has 10 aromatic carbocycles. The normalized spacial score (nSPS) is 11.5. The first-order valence-electron chi connectivity index (χ1n) is 31.1. The van der Waals surface area contributed by atoms with Crippen LogP contribution in [0.2, 0.25) is 0 Å². The van der Waals surface area contributed by atoms with Gasteiger partial charge in [-0.25, -0.2) is 0 Å². The second kappa shape index (κ2) is 27.2. The van der Waals surface area contributed by atoms with Crippen LogP contribution in [0.25, 0.3) is 123 Å². The van der Waals surface area contributed by atoms with E-state index in [0.717, 1.165) is 101 Å². The third kappa shape index (κ3) is 14.3. The van der Waals surface area contributed by atoms with Gasteiger partial charge in [0.1, 0.15) is 0 Å². The number of aromatic nitrogens is 3. The summed E-state index contributed by atoms with van der Waals surface area (Å²) in [4.78, 5) is 14.2. The van der Waals surface area contributed by atoms with E-state index < -0.39 is 0 Å². The van der Waals surface area contributed by atoms with Crippen LogP contribution in [-0.2, 0) is 36.4 Å². The molecule has 0 radical (unpaired) electrons. The second-order valence-corrected chi connectivity index (χ2v) is 26.2. The van der Waals surface area contributed by atoms with Gasteiger partial charge in [-0.05, 0) is 113 Å². The smallest absolute Gasteiger partial charge is 0.305 e. The monoisotopic (exact) mass is 1350 g/mol. The molecular formula is C87H74IrN3. The van der Waals surface area contributed by atoms with Crippen molar-refractivity contribution in [2.75, 3.05) is 0 Å². The summed E-state index contributed by atoms with van der Waals surface area (Å²) < 4.78 is 0. The molecule has 0 amide bonds. The average molecular weight is 1350 g/mol.